The van der Waals surface area contributed by atoms with Crippen LogP contribution in [-0.2, 0) is 6.54 Å². The minimum absolute atomic E-state index is 0.149. The zero-order chi connectivity index (χ0) is 14.5. The first-order valence-electron chi connectivity index (χ1n) is 7.99. The third-order valence-corrected chi connectivity index (χ3v) is 5.38. The van der Waals surface area contributed by atoms with Gasteiger partial charge in [-0.05, 0) is 43.8 Å². The van der Waals surface area contributed by atoms with Crippen molar-refractivity contribution in [2.45, 2.75) is 38.3 Å². The minimum atomic E-state index is 0.149. The van der Waals surface area contributed by atoms with Gasteiger partial charge in [0.05, 0.1) is 6.61 Å². The second kappa shape index (κ2) is 7.42. The van der Waals surface area contributed by atoms with Crippen LogP contribution < -0.4 is 0 Å². The van der Waals surface area contributed by atoms with Crippen LogP contribution in [0.2, 0.25) is 0 Å². The summed E-state index contributed by atoms with van der Waals surface area (Å²) in [6.07, 6.45) is 4.64. The molecule has 1 N–H and O–H groups in total. The normalized spacial score (nSPS) is 23.4. The van der Waals surface area contributed by atoms with Gasteiger partial charge in [0, 0.05) is 42.5 Å². The van der Waals surface area contributed by atoms with Crippen molar-refractivity contribution in [1.82, 2.24) is 9.80 Å². The molecular formula is C17H24N2OS. The molecule has 0 amide bonds. The van der Waals surface area contributed by atoms with Crippen molar-refractivity contribution in [1.29, 1.82) is 0 Å². The predicted octanol–water partition coefficient (Wildman–Crippen LogP) is 2.15. The first kappa shape index (κ1) is 15.1. The Balaban J connectivity index is 1.55. The Labute approximate surface area is 131 Å². The number of likely N-dealkylation sites (tertiary alicyclic amines) is 2. The lowest BCUT2D eigenvalue weighted by Gasteiger charge is -2.23. The first-order valence-corrected chi connectivity index (χ1v) is 8.87. The number of hydrogen-bond donors (Lipinski definition) is 1. The van der Waals surface area contributed by atoms with Gasteiger partial charge in [-0.15, -0.1) is 11.3 Å². The van der Waals surface area contributed by atoms with E-state index in [1.165, 1.54) is 50.3 Å². The molecule has 114 valence electrons. The van der Waals surface area contributed by atoms with E-state index in [4.69, 9.17) is 5.11 Å². The summed E-state index contributed by atoms with van der Waals surface area (Å²) < 4.78 is 0. The summed E-state index contributed by atoms with van der Waals surface area (Å²) in [5, 5.41) is 10.9. The van der Waals surface area contributed by atoms with E-state index in [9.17, 15) is 0 Å². The molecule has 1 aromatic rings. The van der Waals surface area contributed by atoms with Gasteiger partial charge in [0.2, 0.25) is 0 Å². The summed E-state index contributed by atoms with van der Waals surface area (Å²) in [5.41, 5.74) is 1.15. The monoisotopic (exact) mass is 304 g/mol. The molecule has 0 bridgehead atoms. The summed E-state index contributed by atoms with van der Waals surface area (Å²) in [5.74, 6) is 6.23. The van der Waals surface area contributed by atoms with Crippen molar-refractivity contribution in [2.75, 3.05) is 32.8 Å². The van der Waals surface area contributed by atoms with E-state index in [1.54, 1.807) is 0 Å². The lowest BCUT2D eigenvalue weighted by molar-refractivity contribution is 0.230. The van der Waals surface area contributed by atoms with Crippen LogP contribution in [0, 0.1) is 11.8 Å². The van der Waals surface area contributed by atoms with E-state index in [-0.39, 0.29) is 6.61 Å². The fourth-order valence-electron chi connectivity index (χ4n) is 3.35. The third-order valence-electron chi connectivity index (χ3n) is 4.48. The van der Waals surface area contributed by atoms with Crippen molar-refractivity contribution in [3.05, 3.63) is 21.9 Å². The molecule has 1 aromatic heterocycles. The number of aliphatic hydroxyl groups is 1. The summed E-state index contributed by atoms with van der Waals surface area (Å²) in [6.45, 7) is 6.20. The SMILES string of the molecule is OCCC#Cc1ccsc1CN1CCC(N2CCCC2)C1. The zero-order valence-electron chi connectivity index (χ0n) is 12.6. The van der Waals surface area contributed by atoms with Crippen molar-refractivity contribution in [3.63, 3.8) is 0 Å². The van der Waals surface area contributed by atoms with Crippen LogP contribution in [0.25, 0.3) is 0 Å². The Morgan fingerprint density at radius 2 is 2.14 bits per heavy atom. The topological polar surface area (TPSA) is 26.7 Å². The number of nitrogens with zero attached hydrogens (tertiary/aromatic N) is 2. The van der Waals surface area contributed by atoms with E-state index in [0.29, 0.717) is 6.42 Å². The molecule has 0 aliphatic carbocycles. The van der Waals surface area contributed by atoms with E-state index < -0.39 is 0 Å². The van der Waals surface area contributed by atoms with Crippen molar-refractivity contribution >= 4 is 11.3 Å². The quantitative estimate of drug-likeness (QED) is 0.864. The van der Waals surface area contributed by atoms with Crippen molar-refractivity contribution < 1.29 is 5.11 Å². The maximum absolute atomic E-state index is 8.81. The summed E-state index contributed by atoms with van der Waals surface area (Å²) in [6, 6.07) is 2.88. The average Bonchev–Trinajstić information content (AvgIpc) is 3.20. The average molecular weight is 304 g/mol. The highest BCUT2D eigenvalue weighted by atomic mass is 32.1. The van der Waals surface area contributed by atoms with Crippen LogP contribution >= 0.6 is 11.3 Å². The Morgan fingerprint density at radius 3 is 2.95 bits per heavy atom. The van der Waals surface area contributed by atoms with E-state index in [0.717, 1.165) is 18.2 Å². The fraction of sp³-hybridized carbons (Fsp3) is 0.647. The highest BCUT2D eigenvalue weighted by Gasteiger charge is 2.29. The van der Waals surface area contributed by atoms with Gasteiger partial charge >= 0.3 is 0 Å². The molecule has 1 atom stereocenters. The largest absolute Gasteiger partial charge is 0.395 e. The van der Waals surface area contributed by atoms with E-state index >= 15 is 0 Å². The molecule has 2 fully saturated rings. The molecule has 3 rings (SSSR count). The number of aliphatic hydroxyl groups excluding tert-OH is 1. The van der Waals surface area contributed by atoms with Gasteiger partial charge in [-0.1, -0.05) is 11.8 Å². The molecule has 0 radical (unpaired) electrons. The minimum Gasteiger partial charge on any atom is -0.395 e. The van der Waals surface area contributed by atoms with Gasteiger partial charge in [0.25, 0.3) is 0 Å². The lowest BCUT2D eigenvalue weighted by Crippen LogP contribution is -2.35. The lowest BCUT2D eigenvalue weighted by atomic mass is 10.2. The highest BCUT2D eigenvalue weighted by Crippen LogP contribution is 2.24. The number of thiophene rings is 1. The molecule has 0 spiro atoms. The van der Waals surface area contributed by atoms with Gasteiger partial charge in [-0.2, -0.15) is 0 Å². The molecule has 1 unspecified atom stereocenters. The molecule has 2 saturated heterocycles. The molecule has 21 heavy (non-hydrogen) atoms. The van der Waals surface area contributed by atoms with Crippen LogP contribution in [0.3, 0.4) is 0 Å². The summed E-state index contributed by atoms with van der Waals surface area (Å²) >= 11 is 1.81. The Bertz CT molecular complexity index is 510. The summed E-state index contributed by atoms with van der Waals surface area (Å²) in [7, 11) is 0. The molecule has 0 aromatic carbocycles. The second-order valence-corrected chi connectivity index (χ2v) is 6.95. The van der Waals surface area contributed by atoms with Gasteiger partial charge in [-0.25, -0.2) is 0 Å². The van der Waals surface area contributed by atoms with Crippen LogP contribution in [0.15, 0.2) is 11.4 Å². The second-order valence-electron chi connectivity index (χ2n) is 5.95. The van der Waals surface area contributed by atoms with Crippen LogP contribution in [0.4, 0.5) is 0 Å². The van der Waals surface area contributed by atoms with E-state index in [1.807, 2.05) is 11.3 Å². The number of rotatable bonds is 4. The maximum Gasteiger partial charge on any atom is 0.0540 e. The Kier molecular flexibility index (Phi) is 5.32. The predicted molar refractivity (Wildman–Crippen MR) is 87.4 cm³/mol. The highest BCUT2D eigenvalue weighted by molar-refractivity contribution is 7.10. The maximum atomic E-state index is 8.81. The molecular weight excluding hydrogens is 280 g/mol. The zero-order valence-corrected chi connectivity index (χ0v) is 13.4. The van der Waals surface area contributed by atoms with Crippen LogP contribution in [-0.4, -0.2) is 53.7 Å². The molecule has 3 heterocycles. The Morgan fingerprint density at radius 1 is 1.29 bits per heavy atom. The fourth-order valence-corrected chi connectivity index (χ4v) is 4.22. The molecule has 3 nitrogen and oxygen atoms in total. The van der Waals surface area contributed by atoms with Gasteiger partial charge in [0.1, 0.15) is 0 Å². The molecule has 2 aliphatic rings. The molecule has 2 aliphatic heterocycles. The van der Waals surface area contributed by atoms with E-state index in [2.05, 4.69) is 33.1 Å². The molecule has 4 heteroatoms. The van der Waals surface area contributed by atoms with Gasteiger partial charge in [0.15, 0.2) is 0 Å². The number of hydrogen-bond acceptors (Lipinski definition) is 4. The standard InChI is InChI=1S/C17H24N2OS/c20-11-4-1-5-15-7-12-21-17(15)14-18-10-6-16(13-18)19-8-2-3-9-19/h7,12,16,20H,2-4,6,8-11,13-14H2. The first-order chi connectivity index (χ1) is 10.4. The smallest absolute Gasteiger partial charge is 0.0540 e. The van der Waals surface area contributed by atoms with Crippen LogP contribution in [0.5, 0.6) is 0 Å². The Hall–Kier alpha value is -0.860. The summed E-state index contributed by atoms with van der Waals surface area (Å²) in [4.78, 5) is 6.63. The van der Waals surface area contributed by atoms with Crippen molar-refractivity contribution in [2.24, 2.45) is 0 Å². The molecule has 0 saturated carbocycles. The van der Waals surface area contributed by atoms with Gasteiger partial charge in [-0.3, -0.25) is 9.80 Å². The van der Waals surface area contributed by atoms with Crippen LogP contribution in [0.1, 0.15) is 36.1 Å². The van der Waals surface area contributed by atoms with Gasteiger partial charge < -0.3 is 5.11 Å². The third kappa shape index (κ3) is 3.87. The van der Waals surface area contributed by atoms with Crippen molar-refractivity contribution in [3.8, 4) is 11.8 Å².